The van der Waals surface area contributed by atoms with Crippen LogP contribution in [-0.2, 0) is 24.0 Å². The van der Waals surface area contributed by atoms with Crippen molar-refractivity contribution in [1.82, 2.24) is 21.3 Å². The number of hydrogen-bond acceptors (Lipinski definition) is 6. The Morgan fingerprint density at radius 2 is 1.65 bits per heavy atom. The lowest BCUT2D eigenvalue weighted by atomic mass is 9.92. The van der Waals surface area contributed by atoms with E-state index in [4.69, 9.17) is 10.2 Å². The molecular formula is C20H34N4O7. The first-order chi connectivity index (χ1) is 14.6. The summed E-state index contributed by atoms with van der Waals surface area (Å²) in [5.74, 6) is -4.37. The van der Waals surface area contributed by atoms with Gasteiger partial charge in [0, 0.05) is 6.42 Å². The van der Waals surface area contributed by atoms with Crippen molar-refractivity contribution >= 4 is 29.7 Å². The Hall–Kier alpha value is -2.69. The Bertz CT molecular complexity index is 647. The smallest absolute Gasteiger partial charge is 0.326 e. The summed E-state index contributed by atoms with van der Waals surface area (Å²) in [7, 11) is 0. The Kier molecular flexibility index (Phi) is 11.5. The molecule has 11 nitrogen and oxygen atoms in total. The maximum absolute atomic E-state index is 12.3. The number of nitrogens with one attached hydrogen (secondary N) is 4. The van der Waals surface area contributed by atoms with Crippen molar-refractivity contribution in [2.24, 2.45) is 11.8 Å². The molecule has 11 heteroatoms. The van der Waals surface area contributed by atoms with Crippen LogP contribution in [0, 0.1) is 11.8 Å². The topological polar surface area (TPSA) is 174 Å². The molecule has 31 heavy (non-hydrogen) atoms. The van der Waals surface area contributed by atoms with Gasteiger partial charge in [0.15, 0.2) is 0 Å². The Labute approximate surface area is 181 Å². The first-order valence-electron chi connectivity index (χ1n) is 10.6. The molecule has 1 saturated heterocycles. The summed E-state index contributed by atoms with van der Waals surface area (Å²) in [5.41, 5.74) is 0. The summed E-state index contributed by atoms with van der Waals surface area (Å²) in [6.45, 7) is 4.76. The zero-order chi connectivity index (χ0) is 23.4. The minimum Gasteiger partial charge on any atom is -0.481 e. The highest BCUT2D eigenvalue weighted by Crippen LogP contribution is 2.18. The van der Waals surface area contributed by atoms with E-state index in [9.17, 15) is 24.0 Å². The van der Waals surface area contributed by atoms with Gasteiger partial charge in [-0.2, -0.15) is 0 Å². The van der Waals surface area contributed by atoms with E-state index in [2.05, 4.69) is 21.3 Å². The molecule has 0 aromatic carbocycles. The minimum absolute atomic E-state index is 0.283. The number of amides is 3. The molecule has 0 radical (unpaired) electrons. The summed E-state index contributed by atoms with van der Waals surface area (Å²) in [6.07, 6.45) is 3.42. The molecule has 3 amide bonds. The number of aliphatic carboxylic acids is 2. The Morgan fingerprint density at radius 1 is 1.00 bits per heavy atom. The second-order valence-corrected chi connectivity index (χ2v) is 8.15. The fourth-order valence-electron chi connectivity index (χ4n) is 3.39. The van der Waals surface area contributed by atoms with Crippen LogP contribution in [0.1, 0.15) is 52.4 Å². The molecule has 0 aromatic rings. The van der Waals surface area contributed by atoms with Crippen LogP contribution >= 0.6 is 0 Å². The summed E-state index contributed by atoms with van der Waals surface area (Å²) in [5, 5.41) is 28.4. The number of rotatable bonds is 13. The number of carbonyl (C=O) groups is 5. The van der Waals surface area contributed by atoms with Gasteiger partial charge in [-0.05, 0) is 50.6 Å². The molecule has 0 aromatic heterocycles. The van der Waals surface area contributed by atoms with Gasteiger partial charge in [0.1, 0.15) is 12.1 Å². The van der Waals surface area contributed by atoms with Crippen molar-refractivity contribution in [2.75, 3.05) is 19.6 Å². The molecule has 176 valence electrons. The predicted molar refractivity (Wildman–Crippen MR) is 111 cm³/mol. The Morgan fingerprint density at radius 3 is 2.19 bits per heavy atom. The third-order valence-corrected chi connectivity index (χ3v) is 5.18. The molecule has 0 spiro atoms. The van der Waals surface area contributed by atoms with Crippen LogP contribution in [-0.4, -0.2) is 71.6 Å². The van der Waals surface area contributed by atoms with Gasteiger partial charge in [-0.3, -0.25) is 19.2 Å². The molecule has 0 aliphatic carbocycles. The second-order valence-electron chi connectivity index (χ2n) is 8.15. The van der Waals surface area contributed by atoms with E-state index in [-0.39, 0.29) is 12.3 Å². The predicted octanol–water partition coefficient (Wildman–Crippen LogP) is -0.543. The first-order valence-corrected chi connectivity index (χ1v) is 10.6. The van der Waals surface area contributed by atoms with Crippen molar-refractivity contribution in [1.29, 1.82) is 0 Å². The van der Waals surface area contributed by atoms with Gasteiger partial charge in [0.25, 0.3) is 0 Å². The van der Waals surface area contributed by atoms with Crippen LogP contribution in [0.3, 0.4) is 0 Å². The van der Waals surface area contributed by atoms with Gasteiger partial charge >= 0.3 is 11.9 Å². The SMILES string of the molecule is CC(C)[C@H](NC(=O)[C@H](CC(=O)O)NC(=O)CNC(=O)CCCC1CCNCC1)C(=O)O. The van der Waals surface area contributed by atoms with E-state index < -0.39 is 54.7 Å². The highest BCUT2D eigenvalue weighted by atomic mass is 16.4. The average Bonchev–Trinajstić information content (AvgIpc) is 2.69. The van der Waals surface area contributed by atoms with Crippen molar-refractivity contribution in [3.05, 3.63) is 0 Å². The molecule has 1 fully saturated rings. The van der Waals surface area contributed by atoms with Crippen LogP contribution < -0.4 is 21.3 Å². The van der Waals surface area contributed by atoms with E-state index in [0.717, 1.165) is 32.4 Å². The highest BCUT2D eigenvalue weighted by molar-refractivity contribution is 5.94. The maximum Gasteiger partial charge on any atom is 0.326 e. The molecule has 2 atom stereocenters. The molecule has 0 saturated carbocycles. The number of piperidine rings is 1. The number of carboxylic acids is 2. The van der Waals surface area contributed by atoms with Crippen LogP contribution in [0.2, 0.25) is 0 Å². The monoisotopic (exact) mass is 442 g/mol. The molecule has 6 N–H and O–H groups in total. The van der Waals surface area contributed by atoms with Crippen LogP contribution in [0.4, 0.5) is 0 Å². The van der Waals surface area contributed by atoms with Gasteiger partial charge in [0.05, 0.1) is 13.0 Å². The van der Waals surface area contributed by atoms with Crippen LogP contribution in [0.5, 0.6) is 0 Å². The lowest BCUT2D eigenvalue weighted by molar-refractivity contribution is -0.144. The van der Waals surface area contributed by atoms with Crippen molar-refractivity contribution in [3.8, 4) is 0 Å². The minimum atomic E-state index is -1.46. The summed E-state index contributed by atoms with van der Waals surface area (Å²) in [4.78, 5) is 58.6. The fraction of sp³-hybridized carbons (Fsp3) is 0.750. The second kappa shape index (κ2) is 13.6. The van der Waals surface area contributed by atoms with Gasteiger partial charge < -0.3 is 31.5 Å². The van der Waals surface area contributed by atoms with E-state index in [1.165, 1.54) is 0 Å². The third kappa shape index (κ3) is 10.8. The van der Waals surface area contributed by atoms with E-state index in [1.54, 1.807) is 13.8 Å². The van der Waals surface area contributed by atoms with Gasteiger partial charge in [0.2, 0.25) is 17.7 Å². The third-order valence-electron chi connectivity index (χ3n) is 5.18. The lowest BCUT2D eigenvalue weighted by Gasteiger charge is -2.22. The summed E-state index contributed by atoms with van der Waals surface area (Å²) >= 11 is 0. The average molecular weight is 443 g/mol. The van der Waals surface area contributed by atoms with Gasteiger partial charge in [-0.15, -0.1) is 0 Å². The Balaban J connectivity index is 2.45. The van der Waals surface area contributed by atoms with E-state index >= 15 is 0 Å². The molecule has 1 rings (SSSR count). The molecule has 0 bridgehead atoms. The molecule has 0 unspecified atom stereocenters. The molecular weight excluding hydrogens is 408 g/mol. The van der Waals surface area contributed by atoms with Crippen molar-refractivity contribution < 1.29 is 34.2 Å². The maximum atomic E-state index is 12.3. The normalized spacial score (nSPS) is 16.2. The number of carbonyl (C=O) groups excluding carboxylic acids is 3. The molecule has 1 aliphatic heterocycles. The molecule has 1 heterocycles. The first kappa shape index (κ1) is 26.3. The molecule has 1 aliphatic rings. The zero-order valence-electron chi connectivity index (χ0n) is 18.1. The number of hydrogen-bond donors (Lipinski definition) is 6. The number of carboxylic acid groups (broad SMARTS) is 2. The summed E-state index contributed by atoms with van der Waals surface area (Å²) < 4.78 is 0. The van der Waals surface area contributed by atoms with E-state index in [0.29, 0.717) is 12.3 Å². The van der Waals surface area contributed by atoms with Crippen molar-refractivity contribution in [2.45, 2.75) is 64.5 Å². The fourth-order valence-corrected chi connectivity index (χ4v) is 3.39. The van der Waals surface area contributed by atoms with Crippen molar-refractivity contribution in [3.63, 3.8) is 0 Å². The van der Waals surface area contributed by atoms with Gasteiger partial charge in [-0.25, -0.2) is 4.79 Å². The van der Waals surface area contributed by atoms with Gasteiger partial charge in [-0.1, -0.05) is 13.8 Å². The van der Waals surface area contributed by atoms with E-state index in [1.807, 2.05) is 0 Å². The summed E-state index contributed by atoms with van der Waals surface area (Å²) in [6, 6.07) is -2.68. The quantitative estimate of drug-likeness (QED) is 0.220. The largest absolute Gasteiger partial charge is 0.481 e. The highest BCUT2D eigenvalue weighted by Gasteiger charge is 2.29. The zero-order valence-corrected chi connectivity index (χ0v) is 18.1. The van der Waals surface area contributed by atoms with Crippen LogP contribution in [0.25, 0.3) is 0 Å². The van der Waals surface area contributed by atoms with Crippen LogP contribution in [0.15, 0.2) is 0 Å². The lowest BCUT2D eigenvalue weighted by Crippen LogP contribution is -2.54. The standard InChI is InChI=1S/C20H34N4O7/c1-12(2)18(20(30)31)24-19(29)14(10-17(27)28)23-16(26)11-22-15(25)5-3-4-13-6-8-21-9-7-13/h12-14,18,21H,3-11H2,1-2H3,(H,22,25)(H,23,26)(H,24,29)(H,27,28)(H,30,31)/t14-,18-/m0/s1.